The van der Waals surface area contributed by atoms with Crippen molar-refractivity contribution in [1.82, 2.24) is 10.2 Å². The molecule has 1 heterocycles. The number of rotatable bonds is 6. The fourth-order valence-corrected chi connectivity index (χ4v) is 2.94. The largest absolute Gasteiger partial charge is 0.496 e. The standard InChI is InChI=1S/C20H24N2O3/c1-24-19-8-7-17(16-5-3-2-4-6-16)15-18(19)20(23)21-9-10-22-11-13-25-14-12-22/h2-8,15H,9-14H2,1H3,(H,21,23). The van der Waals surface area contributed by atoms with Gasteiger partial charge < -0.3 is 14.8 Å². The number of methoxy groups -OCH3 is 1. The topological polar surface area (TPSA) is 50.8 Å². The highest BCUT2D eigenvalue weighted by molar-refractivity contribution is 5.98. The summed E-state index contributed by atoms with van der Waals surface area (Å²) in [6.45, 7) is 4.81. The van der Waals surface area contributed by atoms with Crippen LogP contribution >= 0.6 is 0 Å². The zero-order chi connectivity index (χ0) is 17.5. The first-order valence-corrected chi connectivity index (χ1v) is 8.59. The molecule has 0 atom stereocenters. The molecule has 2 aromatic carbocycles. The number of ether oxygens (including phenoxy) is 2. The van der Waals surface area contributed by atoms with Crippen LogP contribution in [0.1, 0.15) is 10.4 Å². The number of carbonyl (C=O) groups is 1. The van der Waals surface area contributed by atoms with Crippen molar-refractivity contribution in [1.29, 1.82) is 0 Å². The quantitative estimate of drug-likeness (QED) is 0.877. The van der Waals surface area contributed by atoms with Crippen LogP contribution < -0.4 is 10.1 Å². The van der Waals surface area contributed by atoms with Crippen molar-refractivity contribution in [2.75, 3.05) is 46.5 Å². The summed E-state index contributed by atoms with van der Waals surface area (Å²) < 4.78 is 10.7. The van der Waals surface area contributed by atoms with E-state index in [1.54, 1.807) is 7.11 Å². The predicted octanol–water partition coefficient (Wildman–Crippen LogP) is 2.42. The number of benzene rings is 2. The number of hydrogen-bond donors (Lipinski definition) is 1. The van der Waals surface area contributed by atoms with Crippen LogP contribution in [0, 0.1) is 0 Å². The first-order chi connectivity index (χ1) is 12.3. The van der Waals surface area contributed by atoms with Crippen molar-refractivity contribution in [3.63, 3.8) is 0 Å². The minimum atomic E-state index is -0.108. The van der Waals surface area contributed by atoms with Crippen LogP contribution in [0.15, 0.2) is 48.5 Å². The lowest BCUT2D eigenvalue weighted by Gasteiger charge is -2.26. The molecule has 1 aliphatic heterocycles. The summed E-state index contributed by atoms with van der Waals surface area (Å²) in [7, 11) is 1.59. The Morgan fingerprint density at radius 3 is 2.60 bits per heavy atom. The fourth-order valence-electron chi connectivity index (χ4n) is 2.94. The van der Waals surface area contributed by atoms with Crippen molar-refractivity contribution in [3.05, 3.63) is 54.1 Å². The van der Waals surface area contributed by atoms with Gasteiger partial charge in [-0.15, -0.1) is 0 Å². The smallest absolute Gasteiger partial charge is 0.255 e. The van der Waals surface area contributed by atoms with Gasteiger partial charge in [-0.2, -0.15) is 0 Å². The zero-order valence-corrected chi connectivity index (χ0v) is 14.5. The molecule has 0 aliphatic carbocycles. The average molecular weight is 340 g/mol. The van der Waals surface area contributed by atoms with Gasteiger partial charge in [0.1, 0.15) is 5.75 Å². The summed E-state index contributed by atoms with van der Waals surface area (Å²) in [4.78, 5) is 14.9. The summed E-state index contributed by atoms with van der Waals surface area (Å²) in [6, 6.07) is 15.7. The van der Waals surface area contributed by atoms with Gasteiger partial charge in [0.15, 0.2) is 0 Å². The van der Waals surface area contributed by atoms with E-state index in [1.165, 1.54) is 0 Å². The Kier molecular flexibility index (Phi) is 6.04. The third kappa shape index (κ3) is 4.59. The first kappa shape index (κ1) is 17.5. The zero-order valence-electron chi connectivity index (χ0n) is 14.5. The highest BCUT2D eigenvalue weighted by atomic mass is 16.5. The van der Waals surface area contributed by atoms with Gasteiger partial charge in [-0.1, -0.05) is 36.4 Å². The van der Waals surface area contributed by atoms with Crippen molar-refractivity contribution in [2.45, 2.75) is 0 Å². The minimum Gasteiger partial charge on any atom is -0.496 e. The normalized spacial score (nSPS) is 14.9. The summed E-state index contributed by atoms with van der Waals surface area (Å²) in [5, 5.41) is 3.00. The molecule has 0 unspecified atom stereocenters. The molecule has 25 heavy (non-hydrogen) atoms. The Morgan fingerprint density at radius 2 is 1.88 bits per heavy atom. The van der Waals surface area contributed by atoms with Crippen molar-refractivity contribution < 1.29 is 14.3 Å². The Morgan fingerprint density at radius 1 is 1.12 bits per heavy atom. The molecule has 1 aliphatic rings. The maximum atomic E-state index is 12.6. The summed E-state index contributed by atoms with van der Waals surface area (Å²) in [6.07, 6.45) is 0. The van der Waals surface area contributed by atoms with Gasteiger partial charge in [0, 0.05) is 26.2 Å². The van der Waals surface area contributed by atoms with Crippen molar-refractivity contribution >= 4 is 5.91 Å². The van der Waals surface area contributed by atoms with Crippen LogP contribution in [0.3, 0.4) is 0 Å². The minimum absolute atomic E-state index is 0.108. The average Bonchev–Trinajstić information content (AvgIpc) is 2.69. The molecule has 1 fully saturated rings. The molecule has 2 aromatic rings. The maximum Gasteiger partial charge on any atom is 0.255 e. The lowest BCUT2D eigenvalue weighted by Crippen LogP contribution is -2.41. The van der Waals surface area contributed by atoms with Crippen LogP contribution in [0.25, 0.3) is 11.1 Å². The first-order valence-electron chi connectivity index (χ1n) is 8.59. The molecule has 5 nitrogen and oxygen atoms in total. The summed E-state index contributed by atoms with van der Waals surface area (Å²) >= 11 is 0. The molecular formula is C20H24N2O3. The van der Waals surface area contributed by atoms with Gasteiger partial charge in [-0.25, -0.2) is 0 Å². The summed E-state index contributed by atoms with van der Waals surface area (Å²) in [5.74, 6) is 0.478. The highest BCUT2D eigenvalue weighted by Crippen LogP contribution is 2.26. The van der Waals surface area contributed by atoms with E-state index in [-0.39, 0.29) is 5.91 Å². The second kappa shape index (κ2) is 8.65. The highest BCUT2D eigenvalue weighted by Gasteiger charge is 2.15. The molecule has 1 N–H and O–H groups in total. The lowest BCUT2D eigenvalue weighted by atomic mass is 10.0. The van der Waals surface area contributed by atoms with E-state index in [1.807, 2.05) is 48.5 Å². The van der Waals surface area contributed by atoms with E-state index in [0.29, 0.717) is 17.9 Å². The summed E-state index contributed by atoms with van der Waals surface area (Å²) in [5.41, 5.74) is 2.64. The molecule has 0 saturated carbocycles. The van der Waals surface area contributed by atoms with Gasteiger partial charge in [0.25, 0.3) is 5.91 Å². The molecule has 0 aromatic heterocycles. The molecule has 0 spiro atoms. The van der Waals surface area contributed by atoms with Crippen molar-refractivity contribution in [3.8, 4) is 16.9 Å². The van der Waals surface area contributed by atoms with Gasteiger partial charge in [0.05, 0.1) is 25.9 Å². The Bertz CT molecular complexity index is 697. The van der Waals surface area contributed by atoms with E-state index in [9.17, 15) is 4.79 Å². The number of nitrogens with zero attached hydrogens (tertiary/aromatic N) is 1. The van der Waals surface area contributed by atoms with E-state index < -0.39 is 0 Å². The SMILES string of the molecule is COc1ccc(-c2ccccc2)cc1C(=O)NCCN1CCOCC1. The molecule has 0 radical (unpaired) electrons. The van der Waals surface area contributed by atoms with Crippen LogP contribution in [0.4, 0.5) is 0 Å². The molecule has 3 rings (SSSR count). The van der Waals surface area contributed by atoms with Crippen LogP contribution in [-0.2, 0) is 4.74 Å². The van der Waals surface area contributed by atoms with Gasteiger partial charge in [-0.05, 0) is 23.3 Å². The second-order valence-electron chi connectivity index (χ2n) is 5.99. The van der Waals surface area contributed by atoms with E-state index in [4.69, 9.17) is 9.47 Å². The molecule has 132 valence electrons. The van der Waals surface area contributed by atoms with Gasteiger partial charge >= 0.3 is 0 Å². The third-order valence-corrected chi connectivity index (χ3v) is 4.37. The van der Waals surface area contributed by atoms with E-state index >= 15 is 0 Å². The monoisotopic (exact) mass is 340 g/mol. The fraction of sp³-hybridized carbons (Fsp3) is 0.350. The number of carbonyl (C=O) groups excluding carboxylic acids is 1. The third-order valence-electron chi connectivity index (χ3n) is 4.37. The van der Waals surface area contributed by atoms with E-state index in [0.717, 1.165) is 44.0 Å². The molecule has 1 saturated heterocycles. The Labute approximate surface area is 148 Å². The number of nitrogens with one attached hydrogen (secondary N) is 1. The van der Waals surface area contributed by atoms with Crippen LogP contribution in [0.5, 0.6) is 5.75 Å². The Hall–Kier alpha value is -2.37. The lowest BCUT2D eigenvalue weighted by molar-refractivity contribution is 0.0383. The Balaban J connectivity index is 1.67. The molecule has 5 heteroatoms. The van der Waals surface area contributed by atoms with Gasteiger partial charge in [0.2, 0.25) is 0 Å². The molecular weight excluding hydrogens is 316 g/mol. The molecule has 1 amide bonds. The number of hydrogen-bond acceptors (Lipinski definition) is 4. The second-order valence-corrected chi connectivity index (χ2v) is 5.99. The van der Waals surface area contributed by atoms with Crippen LogP contribution in [0.2, 0.25) is 0 Å². The molecule has 0 bridgehead atoms. The van der Waals surface area contributed by atoms with Crippen molar-refractivity contribution in [2.24, 2.45) is 0 Å². The van der Waals surface area contributed by atoms with Crippen LogP contribution in [-0.4, -0.2) is 57.3 Å². The number of morpholine rings is 1. The number of amides is 1. The van der Waals surface area contributed by atoms with Gasteiger partial charge in [-0.3, -0.25) is 9.69 Å². The van der Waals surface area contributed by atoms with E-state index in [2.05, 4.69) is 10.2 Å². The maximum absolute atomic E-state index is 12.6. The predicted molar refractivity (Wildman–Crippen MR) is 98.0 cm³/mol.